The SMILES string of the molecule is CC(C)Cc1nc2c(cnn2C2CCC(F)CC2)c(=O)[nH]1. The second-order valence-corrected chi connectivity index (χ2v) is 6.34. The van der Waals surface area contributed by atoms with Crippen molar-refractivity contribution in [1.29, 1.82) is 0 Å². The summed E-state index contributed by atoms with van der Waals surface area (Å²) in [5.74, 6) is 1.12. The van der Waals surface area contributed by atoms with Crippen molar-refractivity contribution in [3.05, 3.63) is 22.4 Å². The van der Waals surface area contributed by atoms with Gasteiger partial charge in [-0.2, -0.15) is 5.10 Å². The zero-order chi connectivity index (χ0) is 15.0. The van der Waals surface area contributed by atoms with Crippen LogP contribution in [0.2, 0.25) is 0 Å². The highest BCUT2D eigenvalue weighted by Gasteiger charge is 2.24. The number of alkyl halides is 1. The van der Waals surface area contributed by atoms with Gasteiger partial charge in [0.25, 0.3) is 5.56 Å². The van der Waals surface area contributed by atoms with Crippen LogP contribution in [-0.2, 0) is 6.42 Å². The summed E-state index contributed by atoms with van der Waals surface area (Å²) >= 11 is 0. The lowest BCUT2D eigenvalue weighted by molar-refractivity contribution is 0.204. The van der Waals surface area contributed by atoms with Gasteiger partial charge in [0.15, 0.2) is 5.65 Å². The topological polar surface area (TPSA) is 63.6 Å². The molecule has 114 valence electrons. The summed E-state index contributed by atoms with van der Waals surface area (Å²) in [4.78, 5) is 19.5. The van der Waals surface area contributed by atoms with Crippen molar-refractivity contribution in [2.45, 2.75) is 58.2 Å². The van der Waals surface area contributed by atoms with E-state index in [0.29, 0.717) is 35.6 Å². The van der Waals surface area contributed by atoms with Crippen LogP contribution < -0.4 is 5.56 Å². The summed E-state index contributed by atoms with van der Waals surface area (Å²) in [5.41, 5.74) is 0.498. The number of aromatic amines is 1. The van der Waals surface area contributed by atoms with Crippen LogP contribution in [-0.4, -0.2) is 25.9 Å². The molecule has 0 aromatic carbocycles. The molecule has 0 bridgehead atoms. The molecule has 0 radical (unpaired) electrons. The lowest BCUT2D eigenvalue weighted by Crippen LogP contribution is -2.21. The van der Waals surface area contributed by atoms with Crippen LogP contribution in [0.25, 0.3) is 11.0 Å². The Morgan fingerprint density at radius 1 is 1.38 bits per heavy atom. The third-order valence-corrected chi connectivity index (χ3v) is 4.09. The minimum atomic E-state index is -0.698. The number of hydrogen-bond acceptors (Lipinski definition) is 3. The molecule has 1 N–H and O–H groups in total. The Morgan fingerprint density at radius 3 is 2.76 bits per heavy atom. The van der Waals surface area contributed by atoms with Crippen LogP contribution >= 0.6 is 0 Å². The number of halogens is 1. The van der Waals surface area contributed by atoms with Gasteiger partial charge >= 0.3 is 0 Å². The van der Waals surface area contributed by atoms with Crippen LogP contribution in [0.4, 0.5) is 4.39 Å². The molecular formula is C15H21FN4O. The van der Waals surface area contributed by atoms with Crippen molar-refractivity contribution >= 4 is 11.0 Å². The predicted molar refractivity (Wildman–Crippen MR) is 79.1 cm³/mol. The van der Waals surface area contributed by atoms with Crippen molar-refractivity contribution in [2.24, 2.45) is 5.92 Å². The van der Waals surface area contributed by atoms with E-state index in [2.05, 4.69) is 28.9 Å². The Morgan fingerprint density at radius 2 is 2.10 bits per heavy atom. The van der Waals surface area contributed by atoms with E-state index in [4.69, 9.17) is 0 Å². The van der Waals surface area contributed by atoms with Crippen LogP contribution in [0.3, 0.4) is 0 Å². The van der Waals surface area contributed by atoms with Crippen LogP contribution in [0.5, 0.6) is 0 Å². The van der Waals surface area contributed by atoms with E-state index in [1.165, 1.54) is 0 Å². The summed E-state index contributed by atoms with van der Waals surface area (Å²) in [7, 11) is 0. The van der Waals surface area contributed by atoms with E-state index >= 15 is 0 Å². The fourth-order valence-electron chi connectivity index (χ4n) is 3.01. The molecule has 6 heteroatoms. The zero-order valence-corrected chi connectivity index (χ0v) is 12.5. The van der Waals surface area contributed by atoms with Gasteiger partial charge in [0.05, 0.1) is 12.2 Å². The summed E-state index contributed by atoms with van der Waals surface area (Å²) < 4.78 is 15.1. The molecule has 0 spiro atoms. The maximum absolute atomic E-state index is 13.3. The molecule has 1 aliphatic carbocycles. The zero-order valence-electron chi connectivity index (χ0n) is 12.5. The van der Waals surface area contributed by atoms with Gasteiger partial charge in [0, 0.05) is 6.42 Å². The molecule has 2 aromatic heterocycles. The molecule has 3 rings (SSSR count). The van der Waals surface area contributed by atoms with E-state index in [1.54, 1.807) is 6.20 Å². The van der Waals surface area contributed by atoms with Crippen LogP contribution in [0.1, 0.15) is 51.4 Å². The number of nitrogens with zero attached hydrogens (tertiary/aromatic N) is 3. The predicted octanol–water partition coefficient (Wildman–Crippen LogP) is 2.77. The number of fused-ring (bicyclic) bond motifs is 1. The molecule has 0 unspecified atom stereocenters. The fourth-order valence-corrected chi connectivity index (χ4v) is 3.01. The largest absolute Gasteiger partial charge is 0.310 e. The average molecular weight is 292 g/mol. The van der Waals surface area contributed by atoms with E-state index in [0.717, 1.165) is 19.3 Å². The van der Waals surface area contributed by atoms with E-state index < -0.39 is 6.17 Å². The third kappa shape index (κ3) is 2.84. The molecule has 1 fully saturated rings. The van der Waals surface area contributed by atoms with E-state index in [9.17, 15) is 9.18 Å². The second kappa shape index (κ2) is 5.58. The number of aromatic nitrogens is 4. The fraction of sp³-hybridized carbons (Fsp3) is 0.667. The first kappa shape index (κ1) is 14.2. The molecule has 0 saturated heterocycles. The summed E-state index contributed by atoms with van der Waals surface area (Å²) in [5, 5.41) is 4.86. The first-order chi connectivity index (χ1) is 10.0. The quantitative estimate of drug-likeness (QED) is 0.946. The summed E-state index contributed by atoms with van der Waals surface area (Å²) in [6, 6.07) is 0.149. The summed E-state index contributed by atoms with van der Waals surface area (Å²) in [6.45, 7) is 4.17. The summed E-state index contributed by atoms with van der Waals surface area (Å²) in [6.07, 6.45) is 4.24. The molecular weight excluding hydrogens is 271 g/mol. The van der Waals surface area contributed by atoms with Crippen LogP contribution in [0.15, 0.2) is 11.0 Å². The highest BCUT2D eigenvalue weighted by molar-refractivity contribution is 5.73. The first-order valence-electron chi connectivity index (χ1n) is 7.65. The van der Waals surface area contributed by atoms with Crippen molar-refractivity contribution in [2.75, 3.05) is 0 Å². The Labute approximate surface area is 122 Å². The normalized spacial score (nSPS) is 23.0. The molecule has 0 aliphatic heterocycles. The number of rotatable bonds is 3. The van der Waals surface area contributed by atoms with Crippen LogP contribution in [0, 0.1) is 5.92 Å². The molecule has 1 saturated carbocycles. The number of hydrogen-bond donors (Lipinski definition) is 1. The van der Waals surface area contributed by atoms with Crippen molar-refractivity contribution < 1.29 is 4.39 Å². The van der Waals surface area contributed by atoms with Crippen molar-refractivity contribution in [3.63, 3.8) is 0 Å². The maximum Gasteiger partial charge on any atom is 0.262 e. The minimum Gasteiger partial charge on any atom is -0.310 e. The smallest absolute Gasteiger partial charge is 0.262 e. The standard InChI is InChI=1S/C15H21FN4O/c1-9(2)7-13-18-14-12(15(21)19-13)8-17-20(14)11-5-3-10(16)4-6-11/h8-11H,3-7H2,1-2H3,(H,18,19,21). The molecule has 1 aliphatic rings. The van der Waals surface area contributed by atoms with Crippen molar-refractivity contribution in [3.8, 4) is 0 Å². The van der Waals surface area contributed by atoms with Gasteiger partial charge in [-0.15, -0.1) is 0 Å². The van der Waals surface area contributed by atoms with Gasteiger partial charge in [-0.3, -0.25) is 4.79 Å². The molecule has 21 heavy (non-hydrogen) atoms. The number of H-pyrrole nitrogens is 1. The van der Waals surface area contributed by atoms with Gasteiger partial charge in [-0.1, -0.05) is 13.8 Å². The second-order valence-electron chi connectivity index (χ2n) is 6.34. The van der Waals surface area contributed by atoms with Gasteiger partial charge < -0.3 is 4.98 Å². The lowest BCUT2D eigenvalue weighted by atomic mass is 9.94. The first-order valence-corrected chi connectivity index (χ1v) is 7.65. The Kier molecular flexibility index (Phi) is 3.78. The highest BCUT2D eigenvalue weighted by Crippen LogP contribution is 2.31. The van der Waals surface area contributed by atoms with Gasteiger partial charge in [0.2, 0.25) is 0 Å². The molecule has 0 amide bonds. The number of nitrogens with one attached hydrogen (secondary N) is 1. The van der Waals surface area contributed by atoms with Gasteiger partial charge in [0.1, 0.15) is 17.4 Å². The molecule has 2 heterocycles. The van der Waals surface area contributed by atoms with E-state index in [1.807, 2.05) is 4.68 Å². The lowest BCUT2D eigenvalue weighted by Gasteiger charge is -2.24. The minimum absolute atomic E-state index is 0.138. The average Bonchev–Trinajstić information content (AvgIpc) is 2.83. The van der Waals surface area contributed by atoms with Gasteiger partial charge in [-0.25, -0.2) is 14.1 Å². The Hall–Kier alpha value is -1.72. The van der Waals surface area contributed by atoms with E-state index in [-0.39, 0.29) is 11.6 Å². The molecule has 0 atom stereocenters. The Balaban J connectivity index is 1.99. The Bertz CT molecular complexity index is 683. The van der Waals surface area contributed by atoms with Gasteiger partial charge in [-0.05, 0) is 31.6 Å². The molecule has 5 nitrogen and oxygen atoms in total. The van der Waals surface area contributed by atoms with Crippen molar-refractivity contribution in [1.82, 2.24) is 19.7 Å². The monoisotopic (exact) mass is 292 g/mol. The highest BCUT2D eigenvalue weighted by atomic mass is 19.1. The molecule has 2 aromatic rings. The maximum atomic E-state index is 13.3. The third-order valence-electron chi connectivity index (χ3n) is 4.09.